The number of rotatable bonds is 12. The second-order valence-electron chi connectivity index (χ2n) is 6.81. The summed E-state index contributed by atoms with van der Waals surface area (Å²) in [6.45, 7) is 2.25. The molecule has 0 atom stereocenters. The second kappa shape index (κ2) is 11.5. The Kier molecular flexibility index (Phi) is 10.4. The van der Waals surface area contributed by atoms with Gasteiger partial charge in [-0.25, -0.2) is 8.42 Å². The van der Waals surface area contributed by atoms with Gasteiger partial charge in [-0.2, -0.15) is 0 Å². The van der Waals surface area contributed by atoms with Crippen LogP contribution in [0.2, 0.25) is 0 Å². The van der Waals surface area contributed by atoms with Gasteiger partial charge in [-0.05, 0) is 19.3 Å². The van der Waals surface area contributed by atoms with Gasteiger partial charge in [0.2, 0.25) is 0 Å². The van der Waals surface area contributed by atoms with Crippen molar-refractivity contribution < 1.29 is 8.42 Å². The molecule has 1 rings (SSSR count). The predicted molar refractivity (Wildman–Crippen MR) is 92.5 cm³/mol. The first-order valence-corrected chi connectivity index (χ1v) is 11.1. The Labute approximate surface area is 133 Å². The van der Waals surface area contributed by atoms with E-state index in [1.54, 1.807) is 0 Å². The van der Waals surface area contributed by atoms with Crippen molar-refractivity contribution in [3.63, 3.8) is 0 Å². The lowest BCUT2D eigenvalue weighted by Crippen LogP contribution is -2.26. The van der Waals surface area contributed by atoms with Gasteiger partial charge in [-0.15, -0.1) is 0 Å². The van der Waals surface area contributed by atoms with Gasteiger partial charge in [0.05, 0.1) is 11.0 Å². The molecule has 1 aliphatic rings. The summed E-state index contributed by atoms with van der Waals surface area (Å²) in [5, 5.41) is -0.00943. The van der Waals surface area contributed by atoms with Crippen molar-refractivity contribution in [2.24, 2.45) is 0 Å². The molecule has 0 aliphatic heterocycles. The predicted octanol–water partition coefficient (Wildman–Crippen LogP) is 5.65. The van der Waals surface area contributed by atoms with Crippen molar-refractivity contribution >= 4 is 9.84 Å². The fourth-order valence-corrected chi connectivity index (χ4v) is 5.37. The Morgan fingerprint density at radius 2 is 1.19 bits per heavy atom. The molecule has 1 fully saturated rings. The van der Waals surface area contributed by atoms with E-state index in [0.717, 1.165) is 38.5 Å². The third-order valence-electron chi connectivity index (χ3n) is 4.84. The van der Waals surface area contributed by atoms with Crippen LogP contribution in [0.25, 0.3) is 0 Å². The fourth-order valence-electron chi connectivity index (χ4n) is 3.38. The van der Waals surface area contributed by atoms with Gasteiger partial charge in [0, 0.05) is 0 Å². The van der Waals surface area contributed by atoms with Crippen molar-refractivity contribution in [1.29, 1.82) is 0 Å². The first-order chi connectivity index (χ1) is 10.2. The molecular weight excluding hydrogens is 280 g/mol. The van der Waals surface area contributed by atoms with E-state index in [0.29, 0.717) is 5.75 Å². The normalized spacial score (nSPS) is 17.2. The van der Waals surface area contributed by atoms with Crippen LogP contribution in [-0.4, -0.2) is 19.4 Å². The Bertz CT molecular complexity index is 329. The number of sulfone groups is 1. The van der Waals surface area contributed by atoms with Gasteiger partial charge in [-0.1, -0.05) is 84.0 Å². The smallest absolute Gasteiger partial charge is 0.153 e. The highest BCUT2D eigenvalue weighted by Crippen LogP contribution is 2.25. The topological polar surface area (TPSA) is 34.1 Å². The molecule has 3 heteroatoms. The SMILES string of the molecule is CCCCCCCCCCCCS(=O)(=O)C1CCCCC1. The molecule has 0 radical (unpaired) electrons. The van der Waals surface area contributed by atoms with Crippen molar-refractivity contribution in [2.75, 3.05) is 5.75 Å². The molecule has 0 bridgehead atoms. The third-order valence-corrected chi connectivity index (χ3v) is 7.19. The fraction of sp³-hybridized carbons (Fsp3) is 1.00. The van der Waals surface area contributed by atoms with Gasteiger partial charge in [0.25, 0.3) is 0 Å². The lowest BCUT2D eigenvalue weighted by atomic mass is 10.0. The van der Waals surface area contributed by atoms with Crippen LogP contribution < -0.4 is 0 Å². The first kappa shape index (κ1) is 19.0. The minimum Gasteiger partial charge on any atom is -0.229 e. The molecule has 0 unspecified atom stereocenters. The summed E-state index contributed by atoms with van der Waals surface area (Å²) in [4.78, 5) is 0. The highest BCUT2D eigenvalue weighted by molar-refractivity contribution is 7.92. The summed E-state index contributed by atoms with van der Waals surface area (Å²) in [5.74, 6) is 0.439. The van der Waals surface area contributed by atoms with Crippen LogP contribution >= 0.6 is 0 Å². The van der Waals surface area contributed by atoms with Gasteiger partial charge in [0.15, 0.2) is 9.84 Å². The molecule has 21 heavy (non-hydrogen) atoms. The number of hydrogen-bond acceptors (Lipinski definition) is 2. The molecule has 1 aliphatic carbocycles. The Balaban J connectivity index is 1.95. The lowest BCUT2D eigenvalue weighted by Gasteiger charge is -2.21. The van der Waals surface area contributed by atoms with Crippen molar-refractivity contribution in [2.45, 2.75) is 108 Å². The summed E-state index contributed by atoms with van der Waals surface area (Å²) in [5.41, 5.74) is 0. The van der Waals surface area contributed by atoms with Gasteiger partial charge < -0.3 is 0 Å². The van der Waals surface area contributed by atoms with Crippen LogP contribution in [-0.2, 0) is 9.84 Å². The average Bonchev–Trinajstić information content (AvgIpc) is 2.50. The van der Waals surface area contributed by atoms with Crippen LogP contribution in [0.3, 0.4) is 0 Å². The molecule has 0 spiro atoms. The third kappa shape index (κ3) is 8.85. The zero-order valence-electron chi connectivity index (χ0n) is 14.1. The van der Waals surface area contributed by atoms with E-state index < -0.39 is 9.84 Å². The largest absolute Gasteiger partial charge is 0.229 e. The van der Waals surface area contributed by atoms with E-state index in [1.807, 2.05) is 0 Å². The van der Waals surface area contributed by atoms with Gasteiger partial charge in [-0.3, -0.25) is 0 Å². The standard InChI is InChI=1S/C18H36O2S/c1-2-3-4-5-6-7-8-9-10-14-17-21(19,20)18-15-12-11-13-16-18/h18H,2-17H2,1H3. The summed E-state index contributed by atoms with van der Waals surface area (Å²) in [6.07, 6.45) is 17.9. The van der Waals surface area contributed by atoms with Crippen LogP contribution in [0.15, 0.2) is 0 Å². The summed E-state index contributed by atoms with van der Waals surface area (Å²) in [7, 11) is -2.79. The van der Waals surface area contributed by atoms with E-state index in [2.05, 4.69) is 6.92 Å². The lowest BCUT2D eigenvalue weighted by molar-refractivity contribution is 0.482. The molecule has 0 aromatic carbocycles. The van der Waals surface area contributed by atoms with E-state index in [9.17, 15) is 8.42 Å². The van der Waals surface area contributed by atoms with Crippen LogP contribution in [0.5, 0.6) is 0 Å². The van der Waals surface area contributed by atoms with Crippen LogP contribution in [0.1, 0.15) is 103 Å². The summed E-state index contributed by atoms with van der Waals surface area (Å²) in [6, 6.07) is 0. The van der Waals surface area contributed by atoms with E-state index in [-0.39, 0.29) is 5.25 Å². The molecule has 0 N–H and O–H groups in total. The zero-order chi connectivity index (χ0) is 15.4. The molecule has 1 saturated carbocycles. The summed E-state index contributed by atoms with van der Waals surface area (Å²) < 4.78 is 24.4. The average molecular weight is 317 g/mol. The summed E-state index contributed by atoms with van der Waals surface area (Å²) >= 11 is 0. The quantitative estimate of drug-likeness (QED) is 0.436. The molecular formula is C18H36O2S. The monoisotopic (exact) mass is 316 g/mol. The minimum absolute atomic E-state index is 0.00943. The molecule has 2 nitrogen and oxygen atoms in total. The first-order valence-electron chi connectivity index (χ1n) is 9.38. The zero-order valence-corrected chi connectivity index (χ0v) is 14.9. The van der Waals surface area contributed by atoms with Crippen LogP contribution in [0.4, 0.5) is 0 Å². The number of hydrogen-bond donors (Lipinski definition) is 0. The molecule has 0 heterocycles. The highest BCUT2D eigenvalue weighted by atomic mass is 32.2. The Morgan fingerprint density at radius 3 is 1.71 bits per heavy atom. The second-order valence-corrected chi connectivity index (χ2v) is 9.21. The molecule has 0 aromatic heterocycles. The molecule has 0 aromatic rings. The van der Waals surface area contributed by atoms with Crippen molar-refractivity contribution in [3.8, 4) is 0 Å². The Morgan fingerprint density at radius 1 is 0.714 bits per heavy atom. The highest BCUT2D eigenvalue weighted by Gasteiger charge is 2.26. The van der Waals surface area contributed by atoms with Gasteiger partial charge in [0.1, 0.15) is 0 Å². The molecule has 126 valence electrons. The number of unbranched alkanes of at least 4 members (excludes halogenated alkanes) is 9. The van der Waals surface area contributed by atoms with Crippen molar-refractivity contribution in [1.82, 2.24) is 0 Å². The van der Waals surface area contributed by atoms with E-state index >= 15 is 0 Å². The van der Waals surface area contributed by atoms with E-state index in [1.165, 1.54) is 57.8 Å². The molecule has 0 amide bonds. The molecule has 0 saturated heterocycles. The Hall–Kier alpha value is -0.0500. The van der Waals surface area contributed by atoms with E-state index in [4.69, 9.17) is 0 Å². The minimum atomic E-state index is -2.79. The van der Waals surface area contributed by atoms with Crippen LogP contribution in [0, 0.1) is 0 Å². The maximum Gasteiger partial charge on any atom is 0.153 e. The van der Waals surface area contributed by atoms with Crippen molar-refractivity contribution in [3.05, 3.63) is 0 Å². The maximum absolute atomic E-state index is 12.2. The van der Waals surface area contributed by atoms with Gasteiger partial charge >= 0.3 is 0 Å². The maximum atomic E-state index is 12.2.